The molecule has 4 aromatic rings. The van der Waals surface area contributed by atoms with Gasteiger partial charge in [-0.25, -0.2) is 18.1 Å². The van der Waals surface area contributed by atoms with Gasteiger partial charge in [0, 0.05) is 0 Å². The van der Waals surface area contributed by atoms with Gasteiger partial charge in [-0.1, -0.05) is 6.07 Å². The average Bonchev–Trinajstić information content (AvgIpc) is 3.53. The molecule has 1 saturated heterocycles. The van der Waals surface area contributed by atoms with Gasteiger partial charge in [-0.3, -0.25) is 4.79 Å². The lowest BCUT2D eigenvalue weighted by molar-refractivity contribution is 0.0949. The number of furan rings is 1. The Labute approximate surface area is 182 Å². The molecule has 1 amide bonds. The number of hydrogen-bond acceptors (Lipinski definition) is 7. The maximum atomic E-state index is 13.2. The zero-order chi connectivity index (χ0) is 21.6. The minimum Gasteiger partial charge on any atom is -0.467 e. The Kier molecular flexibility index (Phi) is 4.90. The molecule has 1 aliphatic rings. The van der Waals surface area contributed by atoms with Crippen LogP contribution >= 0.6 is 11.3 Å². The molecule has 0 bridgehead atoms. The van der Waals surface area contributed by atoms with E-state index in [-0.39, 0.29) is 30.0 Å². The number of hydrogen-bond donors (Lipinski definition) is 1. The number of carbonyl (C=O) groups excluding carboxylic acids is 1. The molecular weight excluding hydrogens is 436 g/mol. The second kappa shape index (κ2) is 7.61. The van der Waals surface area contributed by atoms with Crippen LogP contribution in [0.2, 0.25) is 0 Å². The van der Waals surface area contributed by atoms with Crippen LogP contribution < -0.4 is 5.32 Å². The van der Waals surface area contributed by atoms with Crippen LogP contribution in [-0.4, -0.2) is 40.6 Å². The summed E-state index contributed by atoms with van der Waals surface area (Å²) in [5, 5.41) is 10.1. The number of amides is 1. The second-order valence-electron chi connectivity index (χ2n) is 7.58. The number of pyridine rings is 1. The van der Waals surface area contributed by atoms with Crippen molar-refractivity contribution in [3.63, 3.8) is 0 Å². The summed E-state index contributed by atoms with van der Waals surface area (Å²) in [5.41, 5.74) is 2.30. The van der Waals surface area contributed by atoms with Gasteiger partial charge in [-0.15, -0.1) is 11.3 Å². The molecule has 1 aliphatic heterocycles. The number of thiophene rings is 1. The lowest BCUT2D eigenvalue weighted by Crippen LogP contribution is -2.23. The monoisotopic (exact) mass is 456 g/mol. The largest absolute Gasteiger partial charge is 0.467 e. The average molecular weight is 457 g/mol. The van der Waals surface area contributed by atoms with Crippen molar-refractivity contribution in [2.24, 2.45) is 0 Å². The third-order valence-corrected chi connectivity index (χ3v) is 8.06. The fourth-order valence-electron chi connectivity index (χ4n) is 3.94. The first-order chi connectivity index (χ1) is 14.9. The summed E-state index contributed by atoms with van der Waals surface area (Å²) >= 11 is 1.53. The number of nitrogens with one attached hydrogen (secondary N) is 1. The molecule has 160 valence electrons. The van der Waals surface area contributed by atoms with Crippen LogP contribution in [0.5, 0.6) is 0 Å². The third kappa shape index (κ3) is 3.77. The molecule has 8 nitrogen and oxygen atoms in total. The molecule has 0 radical (unpaired) electrons. The Balaban J connectivity index is 1.62. The molecule has 31 heavy (non-hydrogen) atoms. The van der Waals surface area contributed by atoms with Gasteiger partial charge in [0.1, 0.15) is 5.76 Å². The standard InChI is InChI=1S/C21H20N4O4S2/c1-13-19-16(21(26)22-11-15-4-2-7-29-15)10-17(18-5-3-8-30-18)23-20(19)25(24-13)14-6-9-31(27,28)12-14/h2-5,7-8,10,14H,6,9,11-12H2,1H3,(H,22,26). The predicted octanol–water partition coefficient (Wildman–Crippen LogP) is 3.35. The zero-order valence-corrected chi connectivity index (χ0v) is 18.4. The summed E-state index contributed by atoms with van der Waals surface area (Å²) in [7, 11) is -3.09. The highest BCUT2D eigenvalue weighted by atomic mass is 32.2. The second-order valence-corrected chi connectivity index (χ2v) is 10.8. The Morgan fingerprint density at radius 3 is 2.90 bits per heavy atom. The predicted molar refractivity (Wildman–Crippen MR) is 118 cm³/mol. The van der Waals surface area contributed by atoms with Crippen molar-refractivity contribution in [3.05, 3.63) is 59.0 Å². The number of carbonyl (C=O) groups is 1. The molecule has 1 atom stereocenters. The highest BCUT2D eigenvalue weighted by Gasteiger charge is 2.32. The Morgan fingerprint density at radius 2 is 2.23 bits per heavy atom. The Morgan fingerprint density at radius 1 is 1.35 bits per heavy atom. The van der Waals surface area contributed by atoms with Gasteiger partial charge in [0.05, 0.1) is 57.6 Å². The fourth-order valence-corrected chi connectivity index (χ4v) is 6.32. The van der Waals surface area contributed by atoms with Crippen molar-refractivity contribution in [2.45, 2.75) is 25.9 Å². The van der Waals surface area contributed by atoms with E-state index in [1.54, 1.807) is 29.1 Å². The summed E-state index contributed by atoms with van der Waals surface area (Å²) in [5.74, 6) is 0.567. The van der Waals surface area contributed by atoms with E-state index in [4.69, 9.17) is 9.40 Å². The summed E-state index contributed by atoms with van der Waals surface area (Å²) < 4.78 is 31.1. The highest BCUT2D eigenvalue weighted by Crippen LogP contribution is 2.33. The van der Waals surface area contributed by atoms with Gasteiger partial charge in [-0.2, -0.15) is 5.10 Å². The minimum absolute atomic E-state index is 0.0359. The maximum Gasteiger partial charge on any atom is 0.252 e. The summed E-state index contributed by atoms with van der Waals surface area (Å²) in [6.45, 7) is 2.08. The van der Waals surface area contributed by atoms with E-state index in [1.807, 2.05) is 24.4 Å². The molecule has 4 aromatic heterocycles. The number of rotatable bonds is 5. The van der Waals surface area contributed by atoms with Crippen LogP contribution in [0.25, 0.3) is 21.6 Å². The van der Waals surface area contributed by atoms with Gasteiger partial charge in [0.15, 0.2) is 15.5 Å². The molecule has 1 fully saturated rings. The number of fused-ring (bicyclic) bond motifs is 1. The van der Waals surface area contributed by atoms with E-state index in [1.165, 1.54) is 11.3 Å². The summed E-state index contributed by atoms with van der Waals surface area (Å²) in [6.07, 6.45) is 2.05. The van der Waals surface area contributed by atoms with E-state index < -0.39 is 9.84 Å². The zero-order valence-electron chi connectivity index (χ0n) is 16.7. The molecule has 0 spiro atoms. The van der Waals surface area contributed by atoms with Crippen molar-refractivity contribution in [2.75, 3.05) is 11.5 Å². The lowest BCUT2D eigenvalue weighted by Gasteiger charge is -2.11. The van der Waals surface area contributed by atoms with Crippen molar-refractivity contribution < 1.29 is 17.6 Å². The van der Waals surface area contributed by atoms with E-state index in [2.05, 4.69) is 10.4 Å². The third-order valence-electron chi connectivity index (χ3n) is 5.41. The van der Waals surface area contributed by atoms with Gasteiger partial charge in [0.2, 0.25) is 0 Å². The normalized spacial score (nSPS) is 17.9. The van der Waals surface area contributed by atoms with E-state index in [0.29, 0.717) is 40.2 Å². The van der Waals surface area contributed by atoms with Crippen LogP contribution in [-0.2, 0) is 16.4 Å². The van der Waals surface area contributed by atoms with Gasteiger partial charge in [-0.05, 0) is 43.0 Å². The van der Waals surface area contributed by atoms with Crippen LogP contribution in [0.1, 0.15) is 34.3 Å². The molecule has 10 heteroatoms. The quantitative estimate of drug-likeness (QED) is 0.494. The minimum atomic E-state index is -3.09. The Bertz CT molecular complexity index is 1360. The van der Waals surface area contributed by atoms with Crippen molar-refractivity contribution in [1.82, 2.24) is 20.1 Å². The smallest absolute Gasteiger partial charge is 0.252 e. The molecule has 0 aromatic carbocycles. The van der Waals surface area contributed by atoms with Crippen molar-refractivity contribution in [3.8, 4) is 10.6 Å². The molecule has 5 rings (SSSR count). The fraction of sp³-hybridized carbons (Fsp3) is 0.286. The first-order valence-corrected chi connectivity index (χ1v) is 12.6. The van der Waals surface area contributed by atoms with Gasteiger partial charge >= 0.3 is 0 Å². The van der Waals surface area contributed by atoms with E-state index in [9.17, 15) is 13.2 Å². The van der Waals surface area contributed by atoms with E-state index in [0.717, 1.165) is 4.88 Å². The van der Waals surface area contributed by atoms with Crippen molar-refractivity contribution in [1.29, 1.82) is 0 Å². The number of aromatic nitrogens is 3. The van der Waals surface area contributed by atoms with Crippen LogP contribution in [0.4, 0.5) is 0 Å². The maximum absolute atomic E-state index is 13.2. The van der Waals surface area contributed by atoms with Gasteiger partial charge < -0.3 is 9.73 Å². The first kappa shape index (κ1) is 20.0. The van der Waals surface area contributed by atoms with E-state index >= 15 is 0 Å². The van der Waals surface area contributed by atoms with Crippen LogP contribution in [0.3, 0.4) is 0 Å². The molecule has 5 heterocycles. The highest BCUT2D eigenvalue weighted by molar-refractivity contribution is 7.91. The SMILES string of the molecule is Cc1nn(C2CCS(=O)(=O)C2)c2nc(-c3cccs3)cc(C(=O)NCc3ccco3)c12. The topological polar surface area (TPSA) is 107 Å². The van der Waals surface area contributed by atoms with Gasteiger partial charge in [0.25, 0.3) is 5.91 Å². The summed E-state index contributed by atoms with van der Waals surface area (Å²) in [4.78, 5) is 18.9. The first-order valence-electron chi connectivity index (χ1n) is 9.86. The summed E-state index contributed by atoms with van der Waals surface area (Å²) in [6, 6.07) is 8.92. The molecule has 1 unspecified atom stereocenters. The molecule has 1 N–H and O–H groups in total. The number of sulfone groups is 1. The molecule has 0 saturated carbocycles. The lowest BCUT2D eigenvalue weighted by atomic mass is 10.1. The molecular formula is C21H20N4O4S2. The Hall–Kier alpha value is -2.98. The molecule has 0 aliphatic carbocycles. The van der Waals surface area contributed by atoms with Crippen molar-refractivity contribution >= 4 is 38.1 Å². The number of aryl methyl sites for hydroxylation is 1. The van der Waals surface area contributed by atoms with Crippen LogP contribution in [0, 0.1) is 6.92 Å². The van der Waals surface area contributed by atoms with Crippen LogP contribution in [0.15, 0.2) is 46.4 Å². The number of nitrogens with zero attached hydrogens (tertiary/aromatic N) is 3.